The Morgan fingerprint density at radius 2 is 1.97 bits per heavy atom. The lowest BCUT2D eigenvalue weighted by molar-refractivity contribution is -0.142. The first-order chi connectivity index (χ1) is 14.2. The summed E-state index contributed by atoms with van der Waals surface area (Å²) < 4.78 is 12.7. The van der Waals surface area contributed by atoms with Crippen molar-refractivity contribution in [3.05, 3.63) is 42.1 Å². The maximum atomic E-state index is 12.7. The minimum absolute atomic E-state index is 0.103. The number of methoxy groups -OCH3 is 1. The van der Waals surface area contributed by atoms with Gasteiger partial charge < -0.3 is 19.7 Å². The first kappa shape index (κ1) is 19.4. The topological polar surface area (TPSA) is 85.7 Å². The third-order valence-electron chi connectivity index (χ3n) is 5.59. The SMILES string of the molecule is COc1ccccc1C(=O)Nc1ccnn1C1CCN(C(=O)[C@H]2CCCO2)CC1. The summed E-state index contributed by atoms with van der Waals surface area (Å²) in [6, 6.07) is 9.03. The number of amides is 2. The summed E-state index contributed by atoms with van der Waals surface area (Å²) in [5.74, 6) is 1.03. The zero-order chi connectivity index (χ0) is 20.2. The molecule has 1 N–H and O–H groups in total. The molecular formula is C21H26N4O4. The van der Waals surface area contributed by atoms with Crippen LogP contribution in [0.2, 0.25) is 0 Å². The van der Waals surface area contributed by atoms with E-state index in [-0.39, 0.29) is 24.0 Å². The highest BCUT2D eigenvalue weighted by Gasteiger charge is 2.32. The van der Waals surface area contributed by atoms with Crippen LogP contribution in [0.3, 0.4) is 0 Å². The minimum atomic E-state index is -0.271. The summed E-state index contributed by atoms with van der Waals surface area (Å²) in [6.07, 6.45) is 4.76. The van der Waals surface area contributed by atoms with Crippen molar-refractivity contribution in [3.8, 4) is 5.75 Å². The number of likely N-dealkylation sites (tertiary alicyclic amines) is 1. The van der Waals surface area contributed by atoms with Crippen molar-refractivity contribution in [2.45, 2.75) is 37.8 Å². The van der Waals surface area contributed by atoms with Gasteiger partial charge in [0.05, 0.1) is 24.9 Å². The number of hydrogen-bond donors (Lipinski definition) is 1. The number of carbonyl (C=O) groups is 2. The number of hydrogen-bond acceptors (Lipinski definition) is 5. The molecule has 154 valence electrons. The minimum Gasteiger partial charge on any atom is -0.496 e. The molecule has 8 heteroatoms. The fourth-order valence-electron chi connectivity index (χ4n) is 4.03. The van der Waals surface area contributed by atoms with Gasteiger partial charge in [0.25, 0.3) is 11.8 Å². The Bertz CT molecular complexity index is 867. The van der Waals surface area contributed by atoms with Crippen LogP contribution in [-0.4, -0.2) is 59.4 Å². The van der Waals surface area contributed by atoms with Crippen molar-refractivity contribution in [2.24, 2.45) is 0 Å². The zero-order valence-corrected chi connectivity index (χ0v) is 16.5. The van der Waals surface area contributed by atoms with Gasteiger partial charge in [-0.25, -0.2) is 4.68 Å². The van der Waals surface area contributed by atoms with Crippen LogP contribution in [0.15, 0.2) is 36.5 Å². The van der Waals surface area contributed by atoms with Crippen molar-refractivity contribution in [3.63, 3.8) is 0 Å². The Morgan fingerprint density at radius 1 is 1.17 bits per heavy atom. The summed E-state index contributed by atoms with van der Waals surface area (Å²) in [5.41, 5.74) is 0.472. The standard InChI is InChI=1S/C21H26N4O4/c1-28-17-6-3-2-5-16(17)20(26)23-19-8-11-22-25(19)15-9-12-24(13-10-15)21(27)18-7-4-14-29-18/h2-3,5-6,8,11,15,18H,4,7,9-10,12-14H2,1H3,(H,23,26)/t18-/m1/s1. The average Bonchev–Trinajstić information content (AvgIpc) is 3.45. The van der Waals surface area contributed by atoms with Gasteiger partial charge in [0.15, 0.2) is 0 Å². The maximum absolute atomic E-state index is 12.7. The first-order valence-electron chi connectivity index (χ1n) is 10.1. The van der Waals surface area contributed by atoms with E-state index in [1.807, 2.05) is 15.6 Å². The molecular weight excluding hydrogens is 372 g/mol. The van der Waals surface area contributed by atoms with E-state index < -0.39 is 0 Å². The van der Waals surface area contributed by atoms with Crippen LogP contribution >= 0.6 is 0 Å². The molecule has 1 aromatic heterocycles. The van der Waals surface area contributed by atoms with Gasteiger partial charge in [-0.3, -0.25) is 9.59 Å². The molecule has 0 aliphatic carbocycles. The molecule has 0 spiro atoms. The summed E-state index contributed by atoms with van der Waals surface area (Å²) in [4.78, 5) is 27.1. The van der Waals surface area contributed by atoms with E-state index in [9.17, 15) is 9.59 Å². The van der Waals surface area contributed by atoms with E-state index in [0.717, 1.165) is 25.7 Å². The van der Waals surface area contributed by atoms with Crippen LogP contribution in [0.25, 0.3) is 0 Å². The Labute approximate surface area is 169 Å². The molecule has 0 radical (unpaired) electrons. The second-order valence-electron chi connectivity index (χ2n) is 7.37. The monoisotopic (exact) mass is 398 g/mol. The van der Waals surface area contributed by atoms with Crippen molar-refractivity contribution in [1.29, 1.82) is 0 Å². The van der Waals surface area contributed by atoms with Gasteiger partial charge in [0.2, 0.25) is 0 Å². The molecule has 2 aliphatic heterocycles. The Balaban J connectivity index is 1.39. The van der Waals surface area contributed by atoms with Gasteiger partial charge in [-0.1, -0.05) is 12.1 Å². The van der Waals surface area contributed by atoms with Gasteiger partial charge in [0.1, 0.15) is 17.7 Å². The summed E-state index contributed by atoms with van der Waals surface area (Å²) in [7, 11) is 1.54. The van der Waals surface area contributed by atoms with E-state index in [1.54, 1.807) is 37.6 Å². The number of piperidine rings is 1. The molecule has 4 rings (SSSR count). The van der Waals surface area contributed by atoms with Crippen LogP contribution in [0.4, 0.5) is 5.82 Å². The molecule has 0 unspecified atom stereocenters. The van der Waals surface area contributed by atoms with Crippen molar-refractivity contribution in [2.75, 3.05) is 32.1 Å². The predicted octanol–water partition coefficient (Wildman–Crippen LogP) is 2.49. The van der Waals surface area contributed by atoms with Gasteiger partial charge in [0, 0.05) is 25.8 Å². The van der Waals surface area contributed by atoms with Crippen molar-refractivity contribution in [1.82, 2.24) is 14.7 Å². The highest BCUT2D eigenvalue weighted by molar-refractivity contribution is 6.05. The Kier molecular flexibility index (Phi) is 5.80. The van der Waals surface area contributed by atoms with E-state index in [1.165, 1.54) is 0 Å². The van der Waals surface area contributed by atoms with Crippen LogP contribution < -0.4 is 10.1 Å². The van der Waals surface area contributed by atoms with E-state index in [2.05, 4.69) is 10.4 Å². The third kappa shape index (κ3) is 4.12. The van der Waals surface area contributed by atoms with E-state index in [4.69, 9.17) is 9.47 Å². The first-order valence-corrected chi connectivity index (χ1v) is 10.1. The summed E-state index contributed by atoms with van der Waals surface area (Å²) in [5, 5.41) is 7.36. The fraction of sp³-hybridized carbons (Fsp3) is 0.476. The number of aromatic nitrogens is 2. The lowest BCUT2D eigenvalue weighted by Gasteiger charge is -2.33. The van der Waals surface area contributed by atoms with Gasteiger partial charge in [-0.05, 0) is 37.8 Å². The van der Waals surface area contributed by atoms with Crippen LogP contribution in [-0.2, 0) is 9.53 Å². The second-order valence-corrected chi connectivity index (χ2v) is 7.37. The van der Waals surface area contributed by atoms with E-state index in [0.29, 0.717) is 36.8 Å². The zero-order valence-electron chi connectivity index (χ0n) is 16.5. The quantitative estimate of drug-likeness (QED) is 0.836. The normalized spacial score (nSPS) is 19.9. The smallest absolute Gasteiger partial charge is 0.260 e. The maximum Gasteiger partial charge on any atom is 0.260 e. The number of para-hydroxylation sites is 1. The summed E-state index contributed by atoms with van der Waals surface area (Å²) in [6.45, 7) is 2.02. The van der Waals surface area contributed by atoms with Crippen LogP contribution in [0, 0.1) is 0 Å². The molecule has 8 nitrogen and oxygen atoms in total. The lowest BCUT2D eigenvalue weighted by atomic mass is 10.0. The Morgan fingerprint density at radius 3 is 2.69 bits per heavy atom. The van der Waals surface area contributed by atoms with Crippen LogP contribution in [0.1, 0.15) is 42.1 Å². The average molecular weight is 398 g/mol. The van der Waals surface area contributed by atoms with Crippen molar-refractivity contribution < 1.29 is 19.1 Å². The van der Waals surface area contributed by atoms with E-state index >= 15 is 0 Å². The van der Waals surface area contributed by atoms with Crippen molar-refractivity contribution >= 4 is 17.6 Å². The van der Waals surface area contributed by atoms with Gasteiger partial charge in [-0.15, -0.1) is 0 Å². The fourth-order valence-corrected chi connectivity index (χ4v) is 4.03. The molecule has 2 fully saturated rings. The number of ether oxygens (including phenoxy) is 2. The van der Waals surface area contributed by atoms with Crippen LogP contribution in [0.5, 0.6) is 5.75 Å². The predicted molar refractivity (Wildman–Crippen MR) is 107 cm³/mol. The number of rotatable bonds is 5. The molecule has 1 atom stereocenters. The highest BCUT2D eigenvalue weighted by atomic mass is 16.5. The number of benzene rings is 1. The molecule has 2 aliphatic rings. The lowest BCUT2D eigenvalue weighted by Crippen LogP contribution is -2.44. The number of nitrogens with one attached hydrogen (secondary N) is 1. The number of nitrogens with zero attached hydrogens (tertiary/aromatic N) is 3. The largest absolute Gasteiger partial charge is 0.496 e. The second kappa shape index (κ2) is 8.65. The molecule has 3 heterocycles. The number of anilines is 1. The molecule has 0 bridgehead atoms. The van der Waals surface area contributed by atoms with Gasteiger partial charge >= 0.3 is 0 Å². The molecule has 29 heavy (non-hydrogen) atoms. The molecule has 2 saturated heterocycles. The number of carbonyl (C=O) groups excluding carboxylic acids is 2. The molecule has 2 aromatic rings. The molecule has 2 amide bonds. The molecule has 0 saturated carbocycles. The van der Waals surface area contributed by atoms with Gasteiger partial charge in [-0.2, -0.15) is 5.10 Å². The summed E-state index contributed by atoms with van der Waals surface area (Å²) >= 11 is 0. The molecule has 1 aromatic carbocycles. The Hall–Kier alpha value is -2.87. The third-order valence-corrected chi connectivity index (χ3v) is 5.59. The highest BCUT2D eigenvalue weighted by Crippen LogP contribution is 2.27.